The molecule has 22 heavy (non-hydrogen) atoms. The van der Waals surface area contributed by atoms with Gasteiger partial charge in [0, 0.05) is 37.1 Å². The summed E-state index contributed by atoms with van der Waals surface area (Å²) in [5, 5.41) is 0. The van der Waals surface area contributed by atoms with Gasteiger partial charge in [0.05, 0.1) is 21.6 Å². The van der Waals surface area contributed by atoms with Gasteiger partial charge >= 0.3 is 5.91 Å². The van der Waals surface area contributed by atoms with Gasteiger partial charge in [-0.05, 0) is 31.2 Å². The van der Waals surface area contributed by atoms with Gasteiger partial charge in [0.1, 0.15) is 5.69 Å². The van der Waals surface area contributed by atoms with Crippen LogP contribution >= 0.6 is 0 Å². The Hall–Kier alpha value is -2.28. The molecule has 0 spiro atoms. The molecule has 1 aromatic carbocycles. The van der Waals surface area contributed by atoms with E-state index in [9.17, 15) is 9.00 Å². The van der Waals surface area contributed by atoms with E-state index in [0.29, 0.717) is 10.6 Å². The molecule has 1 atom stereocenters. The first-order valence-electron chi connectivity index (χ1n) is 6.62. The van der Waals surface area contributed by atoms with Crippen LogP contribution in [0.4, 0.5) is 5.69 Å². The van der Waals surface area contributed by atoms with Crippen molar-refractivity contribution in [3.63, 3.8) is 0 Å². The SMILES string of the molecule is Cc1cnc(C(=O)N=S(C)(=O)c2ccc(N(C)C)cc2)cn1. The van der Waals surface area contributed by atoms with Crippen molar-refractivity contribution in [3.05, 3.63) is 48.0 Å². The summed E-state index contributed by atoms with van der Waals surface area (Å²) in [6.07, 6.45) is 4.26. The molecule has 0 saturated carbocycles. The lowest BCUT2D eigenvalue weighted by Crippen LogP contribution is -2.09. The zero-order valence-electron chi connectivity index (χ0n) is 13.0. The molecule has 0 bridgehead atoms. The number of hydrogen-bond acceptors (Lipinski definition) is 5. The monoisotopic (exact) mass is 318 g/mol. The number of carbonyl (C=O) groups excluding carboxylic acids is 1. The van der Waals surface area contributed by atoms with Crippen LogP contribution in [0.15, 0.2) is 45.9 Å². The van der Waals surface area contributed by atoms with Crippen molar-refractivity contribution in [1.29, 1.82) is 0 Å². The fourth-order valence-corrected chi connectivity index (χ4v) is 2.91. The lowest BCUT2D eigenvalue weighted by molar-refractivity contribution is 0.1000. The number of amides is 1. The van der Waals surface area contributed by atoms with E-state index in [2.05, 4.69) is 14.3 Å². The maximum absolute atomic E-state index is 12.7. The van der Waals surface area contributed by atoms with Gasteiger partial charge in [0.25, 0.3) is 0 Å². The molecule has 1 aromatic heterocycles. The number of anilines is 1. The molecule has 0 aliphatic carbocycles. The van der Waals surface area contributed by atoms with Gasteiger partial charge < -0.3 is 4.90 Å². The molecular weight excluding hydrogens is 300 g/mol. The molecule has 1 heterocycles. The van der Waals surface area contributed by atoms with E-state index in [1.54, 1.807) is 19.1 Å². The maximum atomic E-state index is 12.7. The molecule has 0 saturated heterocycles. The van der Waals surface area contributed by atoms with Crippen molar-refractivity contribution >= 4 is 21.3 Å². The number of benzene rings is 1. The van der Waals surface area contributed by atoms with Crippen LogP contribution in [0.5, 0.6) is 0 Å². The third-order valence-electron chi connectivity index (χ3n) is 3.05. The quantitative estimate of drug-likeness (QED) is 0.866. The van der Waals surface area contributed by atoms with E-state index in [0.717, 1.165) is 5.69 Å². The summed E-state index contributed by atoms with van der Waals surface area (Å²) in [7, 11) is 1.02. The van der Waals surface area contributed by atoms with Gasteiger partial charge in [-0.3, -0.25) is 9.78 Å². The van der Waals surface area contributed by atoms with Crippen LogP contribution in [0.2, 0.25) is 0 Å². The predicted octanol–water partition coefficient (Wildman–Crippen LogP) is 2.15. The van der Waals surface area contributed by atoms with Gasteiger partial charge in [-0.15, -0.1) is 0 Å². The Kier molecular flexibility index (Phi) is 4.56. The Labute approximate surface area is 130 Å². The van der Waals surface area contributed by atoms with Crippen molar-refractivity contribution < 1.29 is 9.00 Å². The molecule has 6 nitrogen and oxygen atoms in total. The molecule has 0 aliphatic rings. The standard InChI is InChI=1S/C15H18N4O2S/c1-11-9-17-14(10-16-11)15(20)18-22(4,21)13-7-5-12(6-8-13)19(2)3/h5-10H,1-4H3. The first-order valence-corrected chi connectivity index (χ1v) is 8.54. The molecule has 2 rings (SSSR count). The van der Waals surface area contributed by atoms with E-state index in [-0.39, 0.29) is 5.69 Å². The van der Waals surface area contributed by atoms with Gasteiger partial charge in [-0.1, -0.05) is 0 Å². The molecule has 1 unspecified atom stereocenters. The van der Waals surface area contributed by atoms with E-state index in [1.165, 1.54) is 18.6 Å². The molecular formula is C15H18N4O2S. The van der Waals surface area contributed by atoms with E-state index in [4.69, 9.17) is 0 Å². The number of hydrogen-bond donors (Lipinski definition) is 0. The predicted molar refractivity (Wildman–Crippen MR) is 86.6 cm³/mol. The molecule has 0 N–H and O–H groups in total. The van der Waals surface area contributed by atoms with Crippen LogP contribution in [-0.2, 0) is 9.73 Å². The Morgan fingerprint density at radius 1 is 1.14 bits per heavy atom. The van der Waals surface area contributed by atoms with Crippen molar-refractivity contribution in [3.8, 4) is 0 Å². The summed E-state index contributed by atoms with van der Waals surface area (Å²) in [4.78, 5) is 22.5. The Bertz CT molecular complexity index is 789. The van der Waals surface area contributed by atoms with Gasteiger partial charge in [0.15, 0.2) is 0 Å². The summed E-state index contributed by atoms with van der Waals surface area (Å²) in [6.45, 7) is 1.77. The summed E-state index contributed by atoms with van der Waals surface area (Å²) >= 11 is 0. The Morgan fingerprint density at radius 3 is 2.27 bits per heavy atom. The highest BCUT2D eigenvalue weighted by Gasteiger charge is 2.13. The minimum Gasteiger partial charge on any atom is -0.378 e. The van der Waals surface area contributed by atoms with Gasteiger partial charge in [0.2, 0.25) is 0 Å². The average molecular weight is 318 g/mol. The second-order valence-corrected chi connectivity index (χ2v) is 7.39. The second kappa shape index (κ2) is 6.23. The minimum absolute atomic E-state index is 0.0880. The van der Waals surface area contributed by atoms with Crippen LogP contribution in [0.1, 0.15) is 16.2 Å². The second-order valence-electron chi connectivity index (χ2n) is 5.13. The largest absolute Gasteiger partial charge is 0.378 e. The van der Waals surface area contributed by atoms with E-state index < -0.39 is 15.6 Å². The first kappa shape index (κ1) is 16.1. The molecule has 7 heteroatoms. The Morgan fingerprint density at radius 2 is 1.77 bits per heavy atom. The first-order chi connectivity index (χ1) is 10.3. The van der Waals surface area contributed by atoms with Crippen LogP contribution in [0.25, 0.3) is 0 Å². The highest BCUT2D eigenvalue weighted by atomic mass is 32.2. The van der Waals surface area contributed by atoms with Crippen molar-refractivity contribution in [2.24, 2.45) is 4.36 Å². The molecule has 2 aromatic rings. The van der Waals surface area contributed by atoms with E-state index >= 15 is 0 Å². The molecule has 0 fully saturated rings. The third-order valence-corrected chi connectivity index (χ3v) is 4.71. The summed E-state index contributed by atoms with van der Waals surface area (Å²) in [5.41, 5.74) is 1.77. The normalized spacial score (nSPS) is 13.3. The maximum Gasteiger partial charge on any atom is 0.305 e. The third kappa shape index (κ3) is 3.67. The summed E-state index contributed by atoms with van der Waals surface area (Å²) < 4.78 is 16.5. The average Bonchev–Trinajstić information content (AvgIpc) is 2.47. The molecule has 0 radical (unpaired) electrons. The smallest absolute Gasteiger partial charge is 0.305 e. The van der Waals surface area contributed by atoms with Crippen LogP contribution in [-0.4, -0.2) is 40.4 Å². The summed E-state index contributed by atoms with van der Waals surface area (Å²) in [6, 6.07) is 7.11. The fraction of sp³-hybridized carbons (Fsp3) is 0.267. The highest BCUT2D eigenvalue weighted by molar-refractivity contribution is 7.93. The molecule has 1 amide bonds. The lowest BCUT2D eigenvalue weighted by Gasteiger charge is -2.13. The number of rotatable bonds is 3. The summed E-state index contributed by atoms with van der Waals surface area (Å²) in [5.74, 6) is -0.628. The van der Waals surface area contributed by atoms with Crippen molar-refractivity contribution in [1.82, 2.24) is 9.97 Å². The number of carbonyl (C=O) groups is 1. The number of nitrogens with zero attached hydrogens (tertiary/aromatic N) is 4. The fourth-order valence-electron chi connectivity index (χ4n) is 1.76. The zero-order valence-corrected chi connectivity index (χ0v) is 13.8. The minimum atomic E-state index is -2.82. The molecule has 0 aliphatic heterocycles. The van der Waals surface area contributed by atoms with Gasteiger partial charge in [-0.25, -0.2) is 9.19 Å². The highest BCUT2D eigenvalue weighted by Crippen LogP contribution is 2.18. The van der Waals surface area contributed by atoms with E-state index in [1.807, 2.05) is 31.1 Å². The number of aryl methyl sites for hydroxylation is 1. The van der Waals surface area contributed by atoms with Crippen molar-refractivity contribution in [2.45, 2.75) is 11.8 Å². The Balaban J connectivity index is 2.34. The van der Waals surface area contributed by atoms with Crippen molar-refractivity contribution in [2.75, 3.05) is 25.3 Å². The molecule has 116 valence electrons. The van der Waals surface area contributed by atoms with Crippen LogP contribution in [0, 0.1) is 6.92 Å². The topological polar surface area (TPSA) is 75.5 Å². The van der Waals surface area contributed by atoms with Gasteiger partial charge in [-0.2, -0.15) is 4.36 Å². The van der Waals surface area contributed by atoms with Crippen LogP contribution < -0.4 is 4.90 Å². The van der Waals surface area contributed by atoms with Crippen LogP contribution in [0.3, 0.4) is 0 Å². The lowest BCUT2D eigenvalue weighted by atomic mass is 10.3. The zero-order chi connectivity index (χ0) is 16.3. The number of aromatic nitrogens is 2.